The average Bonchev–Trinajstić information content (AvgIpc) is 3.15. The van der Waals surface area contributed by atoms with Crippen molar-refractivity contribution in [2.24, 2.45) is 0 Å². The number of rotatable bonds is 15. The van der Waals surface area contributed by atoms with Gasteiger partial charge in [-0.15, -0.1) is 0 Å². The number of aromatic nitrogens is 2. The molecule has 2 aliphatic rings. The second-order valence-corrected chi connectivity index (χ2v) is 13.7. The lowest BCUT2D eigenvalue weighted by atomic mass is 9.89. The molecule has 2 fully saturated rings. The van der Waals surface area contributed by atoms with E-state index in [1.54, 1.807) is 24.1 Å². The Morgan fingerprint density at radius 3 is 2.71 bits per heavy atom. The number of aromatic hydroxyl groups is 1. The number of hydrogen-bond acceptors (Lipinski definition) is 10. The van der Waals surface area contributed by atoms with Gasteiger partial charge in [-0.2, -0.15) is 0 Å². The quantitative estimate of drug-likeness (QED) is 0.137. The lowest BCUT2D eigenvalue weighted by molar-refractivity contribution is -0.131. The van der Waals surface area contributed by atoms with E-state index in [2.05, 4.69) is 61.5 Å². The van der Waals surface area contributed by atoms with E-state index in [9.17, 15) is 19.8 Å². The lowest BCUT2D eigenvalue weighted by Crippen LogP contribution is -2.56. The number of phenolic OH excluding ortho intramolecular Hbond substituents is 1. The number of nitrogens with one attached hydrogen (secondary N) is 2. The molecule has 1 atom stereocenters. The summed E-state index contributed by atoms with van der Waals surface area (Å²) >= 11 is 0. The van der Waals surface area contributed by atoms with Crippen LogP contribution in [-0.2, 0) is 27.2 Å². The Labute approximate surface area is 299 Å². The number of anilines is 1. The molecule has 4 N–H and O–H groups in total. The summed E-state index contributed by atoms with van der Waals surface area (Å²) in [6.45, 7) is 7.70. The first kappa shape index (κ1) is 36.5. The van der Waals surface area contributed by atoms with Gasteiger partial charge in [-0.3, -0.25) is 19.5 Å². The van der Waals surface area contributed by atoms with E-state index in [0.29, 0.717) is 49.2 Å². The van der Waals surface area contributed by atoms with Crippen molar-refractivity contribution >= 4 is 22.5 Å². The maximum absolute atomic E-state index is 12.6. The Hall–Kier alpha value is -4.33. The fourth-order valence-corrected chi connectivity index (χ4v) is 7.10. The highest BCUT2D eigenvalue weighted by atomic mass is 16.5. The van der Waals surface area contributed by atoms with Crippen LogP contribution in [-0.4, -0.2) is 114 Å². The third-order valence-corrected chi connectivity index (χ3v) is 10.1. The number of ether oxygens (including phenoxy) is 2. The molecule has 2 saturated heterocycles. The number of pyridine rings is 2. The van der Waals surface area contributed by atoms with Gasteiger partial charge < -0.3 is 39.8 Å². The number of likely N-dealkylation sites (tertiary alicyclic amines) is 1. The summed E-state index contributed by atoms with van der Waals surface area (Å²) in [5, 5.41) is 24.6. The number of carbonyl (C=O) groups is 1. The fourth-order valence-electron chi connectivity index (χ4n) is 7.10. The zero-order valence-corrected chi connectivity index (χ0v) is 29.4. The number of aliphatic hydroxyl groups is 1. The van der Waals surface area contributed by atoms with Crippen molar-refractivity contribution in [2.75, 3.05) is 77.6 Å². The Morgan fingerprint density at radius 1 is 1.08 bits per heavy atom. The van der Waals surface area contributed by atoms with Crippen LogP contribution in [0.25, 0.3) is 10.9 Å². The van der Waals surface area contributed by atoms with Gasteiger partial charge in [0.1, 0.15) is 5.75 Å². The molecular formula is C39H50N6O6. The summed E-state index contributed by atoms with van der Waals surface area (Å²) in [7, 11) is 1.76. The van der Waals surface area contributed by atoms with Gasteiger partial charge in [0.05, 0.1) is 43.5 Å². The number of aromatic amines is 1. The van der Waals surface area contributed by atoms with Crippen molar-refractivity contribution in [3.63, 3.8) is 0 Å². The largest absolute Gasteiger partial charge is 0.506 e. The summed E-state index contributed by atoms with van der Waals surface area (Å²) in [6.07, 6.45) is 6.01. The van der Waals surface area contributed by atoms with E-state index in [0.717, 1.165) is 58.6 Å². The van der Waals surface area contributed by atoms with Gasteiger partial charge in [0.15, 0.2) is 0 Å². The number of hydrogen-bond donors (Lipinski definition) is 4. The first-order valence-corrected chi connectivity index (χ1v) is 17.9. The standard InChI is InChI=1S/C39H50N6O6/c1-43(20-17-41-26-35(47)32-5-7-34(46)38-33(32)6-8-36(48)42-38)37(49)12-23-50-22-11-29-3-2-4-30(25-29)27-44-18-13-39(14-19-44)28-45(21-24-51-39)31-9-15-40-16-10-31/h2-10,15-16,25,35,41,46-47H,11-14,17-24,26-28H2,1H3,(H,42,48)/t35-/m0/s1. The van der Waals surface area contributed by atoms with Crippen LogP contribution in [0, 0.1) is 0 Å². The molecule has 6 rings (SSSR count). The number of benzene rings is 2. The maximum Gasteiger partial charge on any atom is 0.248 e. The first-order valence-electron chi connectivity index (χ1n) is 17.9. The minimum Gasteiger partial charge on any atom is -0.506 e. The molecule has 1 amide bonds. The monoisotopic (exact) mass is 698 g/mol. The molecule has 0 aliphatic carbocycles. The van der Waals surface area contributed by atoms with Crippen LogP contribution >= 0.6 is 0 Å². The predicted molar refractivity (Wildman–Crippen MR) is 197 cm³/mol. The molecule has 12 nitrogen and oxygen atoms in total. The smallest absolute Gasteiger partial charge is 0.248 e. The Bertz CT molecular complexity index is 1790. The van der Waals surface area contributed by atoms with Crippen LogP contribution < -0.4 is 15.8 Å². The molecule has 4 heterocycles. The van der Waals surface area contributed by atoms with Gasteiger partial charge >= 0.3 is 0 Å². The molecule has 272 valence electrons. The van der Waals surface area contributed by atoms with Gasteiger partial charge in [0.2, 0.25) is 11.5 Å². The number of piperidine rings is 1. The zero-order chi connectivity index (χ0) is 35.6. The van der Waals surface area contributed by atoms with E-state index in [1.165, 1.54) is 28.9 Å². The van der Waals surface area contributed by atoms with Gasteiger partial charge in [-0.1, -0.05) is 30.3 Å². The van der Waals surface area contributed by atoms with Crippen molar-refractivity contribution in [1.29, 1.82) is 0 Å². The van der Waals surface area contributed by atoms with Crippen LogP contribution in [0.4, 0.5) is 5.69 Å². The van der Waals surface area contributed by atoms with E-state index in [-0.39, 0.29) is 29.4 Å². The molecule has 2 aromatic heterocycles. The SMILES string of the molecule is CN(CCNC[C@H](O)c1ccc(O)c2[nH]c(=O)ccc12)C(=O)CCOCCc1cccc(CN2CCC3(CC2)CN(c2ccncc2)CCO3)c1. The van der Waals surface area contributed by atoms with Gasteiger partial charge in [0, 0.05) is 88.9 Å². The number of morpholine rings is 1. The molecule has 51 heavy (non-hydrogen) atoms. The van der Waals surface area contributed by atoms with Gasteiger partial charge in [0.25, 0.3) is 0 Å². The molecule has 2 aliphatic heterocycles. The number of phenols is 1. The van der Waals surface area contributed by atoms with E-state index < -0.39 is 6.10 Å². The van der Waals surface area contributed by atoms with E-state index in [1.807, 2.05) is 12.4 Å². The number of fused-ring (bicyclic) bond motifs is 1. The second kappa shape index (κ2) is 17.3. The van der Waals surface area contributed by atoms with Crippen molar-refractivity contribution in [3.05, 3.63) is 100 Å². The molecular weight excluding hydrogens is 648 g/mol. The van der Waals surface area contributed by atoms with Gasteiger partial charge in [-0.25, -0.2) is 0 Å². The summed E-state index contributed by atoms with van der Waals surface area (Å²) < 4.78 is 12.2. The highest BCUT2D eigenvalue weighted by molar-refractivity contribution is 5.87. The van der Waals surface area contributed by atoms with Crippen LogP contribution in [0.1, 0.15) is 42.1 Å². The molecule has 0 saturated carbocycles. The minimum absolute atomic E-state index is 0.000147. The Kier molecular flexibility index (Phi) is 12.3. The Morgan fingerprint density at radius 2 is 1.88 bits per heavy atom. The first-order chi connectivity index (χ1) is 24.8. The number of amides is 1. The second-order valence-electron chi connectivity index (χ2n) is 13.7. The molecule has 2 aromatic carbocycles. The predicted octanol–water partition coefficient (Wildman–Crippen LogP) is 3.23. The molecule has 0 unspecified atom stereocenters. The third-order valence-electron chi connectivity index (χ3n) is 10.1. The van der Waals surface area contributed by atoms with Crippen molar-refractivity contribution in [2.45, 2.75) is 43.9 Å². The number of H-pyrrole nitrogens is 1. The maximum atomic E-state index is 12.6. The number of aliphatic hydroxyl groups excluding tert-OH is 1. The molecule has 1 spiro atoms. The van der Waals surface area contributed by atoms with Crippen LogP contribution in [0.15, 0.2) is 77.9 Å². The number of carbonyl (C=O) groups excluding carboxylic acids is 1. The van der Waals surface area contributed by atoms with Crippen molar-refractivity contribution < 1.29 is 24.5 Å². The van der Waals surface area contributed by atoms with Crippen LogP contribution in [0.5, 0.6) is 5.75 Å². The topological polar surface area (TPSA) is 143 Å². The summed E-state index contributed by atoms with van der Waals surface area (Å²) in [5.41, 5.74) is 4.24. The highest BCUT2D eigenvalue weighted by Crippen LogP contribution is 2.33. The highest BCUT2D eigenvalue weighted by Gasteiger charge is 2.39. The van der Waals surface area contributed by atoms with Crippen LogP contribution in [0.2, 0.25) is 0 Å². The van der Waals surface area contributed by atoms with E-state index >= 15 is 0 Å². The van der Waals surface area contributed by atoms with Gasteiger partial charge in [-0.05, 0) is 60.2 Å². The van der Waals surface area contributed by atoms with E-state index in [4.69, 9.17) is 9.47 Å². The summed E-state index contributed by atoms with van der Waals surface area (Å²) in [5.74, 6) is -0.0489. The molecule has 0 radical (unpaired) electrons. The minimum atomic E-state index is -0.853. The molecule has 4 aromatic rings. The average molecular weight is 699 g/mol. The third kappa shape index (κ3) is 9.72. The molecule has 0 bridgehead atoms. The van der Waals surface area contributed by atoms with Crippen molar-refractivity contribution in [1.82, 2.24) is 25.1 Å². The van der Waals surface area contributed by atoms with Crippen molar-refractivity contribution in [3.8, 4) is 5.75 Å². The Balaban J connectivity index is 0.849. The molecule has 12 heteroatoms. The fraction of sp³-hybridized carbons (Fsp3) is 0.462. The summed E-state index contributed by atoms with van der Waals surface area (Å²) in [4.78, 5) is 37.7. The zero-order valence-electron chi connectivity index (χ0n) is 29.4. The lowest BCUT2D eigenvalue weighted by Gasteiger charge is -2.48. The number of nitrogens with zero attached hydrogens (tertiary/aromatic N) is 4. The van der Waals surface area contributed by atoms with Crippen LogP contribution in [0.3, 0.4) is 0 Å². The number of likely N-dealkylation sites (N-methyl/N-ethyl adjacent to an activating group) is 1. The normalized spacial score (nSPS) is 16.8. The summed E-state index contributed by atoms with van der Waals surface area (Å²) in [6, 6.07) is 18.9.